The molecule has 0 N–H and O–H groups in total. The summed E-state index contributed by atoms with van der Waals surface area (Å²) in [4.78, 5) is 2.37. The summed E-state index contributed by atoms with van der Waals surface area (Å²) in [5.74, 6) is 1.01. The van der Waals surface area contributed by atoms with Gasteiger partial charge in [-0.15, -0.1) is 0 Å². The molecule has 0 bridgehead atoms. The first kappa shape index (κ1) is 11.3. The number of rotatable bonds is 6. The van der Waals surface area contributed by atoms with E-state index < -0.39 is 0 Å². The average Bonchev–Trinajstić information content (AvgIpc) is 2.57. The van der Waals surface area contributed by atoms with Crippen molar-refractivity contribution in [1.82, 2.24) is 4.90 Å². The molecule has 0 radical (unpaired) electrons. The molecule has 0 saturated carbocycles. The quantitative estimate of drug-likeness (QED) is 0.522. The largest absolute Gasteiger partial charge is 0.377 e. The Hall–Kier alpha value is 0.270. The normalized spacial score (nSPS) is 22.8. The Balaban J connectivity index is 1.99. The van der Waals surface area contributed by atoms with Gasteiger partial charge in [-0.1, -0.05) is 0 Å². The van der Waals surface area contributed by atoms with Crippen LogP contribution in [-0.4, -0.2) is 43.5 Å². The highest BCUT2D eigenvalue weighted by Gasteiger charge is 2.16. The molecule has 78 valence electrons. The van der Waals surface area contributed by atoms with Crippen LogP contribution < -0.4 is 0 Å². The van der Waals surface area contributed by atoms with Crippen molar-refractivity contribution in [2.75, 3.05) is 32.5 Å². The van der Waals surface area contributed by atoms with Crippen LogP contribution in [0.2, 0.25) is 0 Å². The fraction of sp³-hybridized carbons (Fsp3) is 1.00. The van der Waals surface area contributed by atoms with Crippen LogP contribution in [0.1, 0.15) is 25.7 Å². The van der Waals surface area contributed by atoms with Crippen LogP contribution in [0.4, 0.5) is 0 Å². The van der Waals surface area contributed by atoms with Gasteiger partial charge in [0.05, 0.1) is 6.10 Å². The maximum atomic E-state index is 5.57. The smallest absolute Gasteiger partial charge is 0.0702 e. The van der Waals surface area contributed by atoms with Gasteiger partial charge in [0, 0.05) is 13.2 Å². The van der Waals surface area contributed by atoms with E-state index in [2.05, 4.69) is 24.6 Å². The van der Waals surface area contributed by atoms with Gasteiger partial charge in [-0.05, 0) is 45.0 Å². The van der Waals surface area contributed by atoms with E-state index in [-0.39, 0.29) is 0 Å². The molecule has 1 unspecified atom stereocenters. The zero-order valence-corrected chi connectivity index (χ0v) is 9.43. The number of hydrogen-bond donors (Lipinski definition) is 1. The standard InChI is InChI=1S/C10H21NOS/c1-11(6-2-3-8-13)9-10-5-4-7-12-10/h10,13H,2-9H2,1H3. The fourth-order valence-corrected chi connectivity index (χ4v) is 1.94. The molecular weight excluding hydrogens is 182 g/mol. The predicted molar refractivity (Wildman–Crippen MR) is 59.6 cm³/mol. The summed E-state index contributed by atoms with van der Waals surface area (Å²) < 4.78 is 5.57. The van der Waals surface area contributed by atoms with Gasteiger partial charge in [0.1, 0.15) is 0 Å². The maximum absolute atomic E-state index is 5.57. The first-order valence-electron chi connectivity index (χ1n) is 5.24. The molecule has 0 aromatic carbocycles. The Morgan fingerprint density at radius 1 is 1.46 bits per heavy atom. The lowest BCUT2D eigenvalue weighted by molar-refractivity contribution is 0.0809. The minimum atomic E-state index is 0.501. The van der Waals surface area contributed by atoms with Gasteiger partial charge in [0.25, 0.3) is 0 Å². The second-order valence-corrected chi connectivity index (χ2v) is 4.28. The number of likely N-dealkylation sites (N-methyl/N-ethyl adjacent to an activating group) is 1. The predicted octanol–water partition coefficient (Wildman–Crippen LogP) is 1.81. The molecule has 1 atom stereocenters. The van der Waals surface area contributed by atoms with Crippen LogP contribution in [0.3, 0.4) is 0 Å². The van der Waals surface area contributed by atoms with E-state index in [1.54, 1.807) is 0 Å². The minimum absolute atomic E-state index is 0.501. The number of unbranched alkanes of at least 4 members (excludes halogenated alkanes) is 1. The molecule has 0 aliphatic carbocycles. The van der Waals surface area contributed by atoms with Crippen LogP contribution in [-0.2, 0) is 4.74 Å². The third-order valence-corrected chi connectivity index (χ3v) is 2.80. The summed E-state index contributed by atoms with van der Waals surface area (Å²) in [7, 11) is 2.18. The van der Waals surface area contributed by atoms with Gasteiger partial charge >= 0.3 is 0 Å². The molecule has 1 rings (SSSR count). The highest BCUT2D eigenvalue weighted by molar-refractivity contribution is 7.80. The second kappa shape index (κ2) is 6.68. The van der Waals surface area contributed by atoms with Crippen molar-refractivity contribution in [3.63, 3.8) is 0 Å². The molecule has 3 heteroatoms. The van der Waals surface area contributed by atoms with Crippen molar-refractivity contribution in [1.29, 1.82) is 0 Å². The van der Waals surface area contributed by atoms with Gasteiger partial charge in [-0.3, -0.25) is 0 Å². The van der Waals surface area contributed by atoms with Crippen LogP contribution in [0.5, 0.6) is 0 Å². The van der Waals surface area contributed by atoms with Gasteiger partial charge < -0.3 is 9.64 Å². The van der Waals surface area contributed by atoms with Gasteiger partial charge in [0.2, 0.25) is 0 Å². The van der Waals surface area contributed by atoms with Crippen molar-refractivity contribution in [2.24, 2.45) is 0 Å². The Bertz CT molecular complexity index is 126. The van der Waals surface area contributed by atoms with Crippen LogP contribution in [0.15, 0.2) is 0 Å². The summed E-state index contributed by atoms with van der Waals surface area (Å²) in [6, 6.07) is 0. The van der Waals surface area contributed by atoms with Crippen molar-refractivity contribution in [3.8, 4) is 0 Å². The highest BCUT2D eigenvalue weighted by Crippen LogP contribution is 2.12. The molecule has 0 aromatic heterocycles. The molecule has 1 aliphatic rings. The summed E-state index contributed by atoms with van der Waals surface area (Å²) in [5, 5.41) is 0. The van der Waals surface area contributed by atoms with Gasteiger partial charge in [-0.25, -0.2) is 0 Å². The van der Waals surface area contributed by atoms with E-state index in [4.69, 9.17) is 4.74 Å². The molecule has 1 saturated heterocycles. The summed E-state index contributed by atoms with van der Waals surface area (Å²) in [6.07, 6.45) is 5.47. The second-order valence-electron chi connectivity index (χ2n) is 3.83. The van der Waals surface area contributed by atoms with Crippen LogP contribution in [0, 0.1) is 0 Å². The van der Waals surface area contributed by atoms with Gasteiger partial charge in [0.15, 0.2) is 0 Å². The Kier molecular flexibility index (Phi) is 5.83. The zero-order valence-electron chi connectivity index (χ0n) is 8.54. The molecule has 1 fully saturated rings. The summed E-state index contributed by atoms with van der Waals surface area (Å²) >= 11 is 4.20. The molecular formula is C10H21NOS. The van der Waals surface area contributed by atoms with Crippen molar-refractivity contribution < 1.29 is 4.74 Å². The topological polar surface area (TPSA) is 12.5 Å². The highest BCUT2D eigenvalue weighted by atomic mass is 32.1. The average molecular weight is 203 g/mol. The first-order chi connectivity index (χ1) is 6.33. The number of thiol groups is 1. The third-order valence-electron chi connectivity index (χ3n) is 2.49. The minimum Gasteiger partial charge on any atom is -0.377 e. The molecule has 0 aromatic rings. The number of ether oxygens (including phenoxy) is 1. The lowest BCUT2D eigenvalue weighted by atomic mass is 10.2. The summed E-state index contributed by atoms with van der Waals surface area (Å²) in [5.41, 5.74) is 0. The molecule has 2 nitrogen and oxygen atoms in total. The monoisotopic (exact) mass is 203 g/mol. The van der Waals surface area contributed by atoms with E-state index >= 15 is 0 Å². The SMILES string of the molecule is CN(CCCCS)CC1CCCO1. The van der Waals surface area contributed by atoms with Crippen LogP contribution >= 0.6 is 12.6 Å². The van der Waals surface area contributed by atoms with E-state index in [0.29, 0.717) is 6.10 Å². The number of hydrogen-bond acceptors (Lipinski definition) is 3. The maximum Gasteiger partial charge on any atom is 0.0702 e. The molecule has 1 aliphatic heterocycles. The Morgan fingerprint density at radius 2 is 2.31 bits per heavy atom. The zero-order chi connectivity index (χ0) is 9.52. The Morgan fingerprint density at radius 3 is 2.92 bits per heavy atom. The lowest BCUT2D eigenvalue weighted by Gasteiger charge is -2.19. The van der Waals surface area contributed by atoms with Gasteiger partial charge in [-0.2, -0.15) is 12.6 Å². The Labute approximate surface area is 87.0 Å². The van der Waals surface area contributed by atoms with Crippen LogP contribution in [0.25, 0.3) is 0 Å². The number of nitrogens with zero attached hydrogens (tertiary/aromatic N) is 1. The molecule has 0 spiro atoms. The van der Waals surface area contributed by atoms with E-state index in [9.17, 15) is 0 Å². The van der Waals surface area contributed by atoms with Crippen molar-refractivity contribution in [2.45, 2.75) is 31.8 Å². The van der Waals surface area contributed by atoms with E-state index in [1.807, 2.05) is 0 Å². The molecule has 1 heterocycles. The fourth-order valence-electron chi connectivity index (χ4n) is 1.72. The lowest BCUT2D eigenvalue weighted by Crippen LogP contribution is -2.29. The van der Waals surface area contributed by atoms with Crippen molar-refractivity contribution >= 4 is 12.6 Å². The van der Waals surface area contributed by atoms with Crippen molar-refractivity contribution in [3.05, 3.63) is 0 Å². The molecule has 13 heavy (non-hydrogen) atoms. The molecule has 0 amide bonds. The first-order valence-corrected chi connectivity index (χ1v) is 5.87. The van der Waals surface area contributed by atoms with E-state index in [0.717, 1.165) is 18.9 Å². The third kappa shape index (κ3) is 4.89. The summed E-state index contributed by atoms with van der Waals surface area (Å²) in [6.45, 7) is 3.25. The van der Waals surface area contributed by atoms with E-state index in [1.165, 1.54) is 32.2 Å².